The Morgan fingerprint density at radius 3 is 1.53 bits per heavy atom. The van der Waals surface area contributed by atoms with E-state index in [1.807, 2.05) is 0 Å². The average molecular weight is 764 g/mol. The Morgan fingerprint density at radius 2 is 0.833 bits per heavy atom. The highest BCUT2D eigenvalue weighted by Crippen LogP contribution is 2.63. The highest BCUT2D eigenvalue weighted by atomic mass is 14.7. The lowest BCUT2D eigenvalue weighted by molar-refractivity contribution is 0.563. The van der Waals surface area contributed by atoms with E-state index >= 15 is 0 Å². The highest BCUT2D eigenvalue weighted by molar-refractivity contribution is 6.01. The van der Waals surface area contributed by atoms with Gasteiger partial charge < -0.3 is 0 Å². The molecule has 0 atom stereocenters. The first-order valence-corrected chi connectivity index (χ1v) is 21.0. The minimum absolute atomic E-state index is 0.176. The van der Waals surface area contributed by atoms with Gasteiger partial charge in [0.15, 0.2) is 0 Å². The van der Waals surface area contributed by atoms with Crippen LogP contribution in [-0.4, -0.2) is 4.98 Å². The summed E-state index contributed by atoms with van der Waals surface area (Å²) in [6.45, 7) is 4.78. The second kappa shape index (κ2) is 13.1. The Labute approximate surface area is 351 Å². The normalized spacial score (nSPS) is 14.1. The minimum Gasteiger partial charge on any atom is -0.248 e. The summed E-state index contributed by atoms with van der Waals surface area (Å²) in [5, 5.41) is 5.02. The van der Waals surface area contributed by atoms with Crippen LogP contribution < -0.4 is 0 Å². The molecule has 0 aliphatic heterocycles. The van der Waals surface area contributed by atoms with E-state index in [1.54, 1.807) is 0 Å². The summed E-state index contributed by atoms with van der Waals surface area (Å²) in [6.07, 6.45) is 0. The van der Waals surface area contributed by atoms with E-state index in [9.17, 15) is 0 Å². The zero-order chi connectivity index (χ0) is 40.0. The molecule has 0 saturated carbocycles. The van der Waals surface area contributed by atoms with Crippen LogP contribution in [0.5, 0.6) is 0 Å². The Kier molecular flexibility index (Phi) is 7.56. The zero-order valence-corrected chi connectivity index (χ0v) is 33.7. The molecule has 1 nitrogen and oxygen atoms in total. The topological polar surface area (TPSA) is 12.9 Å². The number of fused-ring (bicyclic) bond motifs is 11. The van der Waals surface area contributed by atoms with Gasteiger partial charge in [-0.1, -0.05) is 190 Å². The predicted molar refractivity (Wildman–Crippen MR) is 250 cm³/mol. The number of hydrogen-bond donors (Lipinski definition) is 0. The summed E-state index contributed by atoms with van der Waals surface area (Å²) in [6, 6.07) is 78.7. The fraction of sp³-hybridized carbons (Fsp3) is 0.0678. The van der Waals surface area contributed by atoms with E-state index in [2.05, 4.69) is 226 Å². The molecular formula is C59H41N. The summed E-state index contributed by atoms with van der Waals surface area (Å²) < 4.78 is 0. The number of benzene rings is 9. The molecular weight excluding hydrogens is 723 g/mol. The molecule has 0 saturated heterocycles. The molecule has 1 heterocycles. The quantitative estimate of drug-likeness (QED) is 0.163. The minimum atomic E-state index is -0.524. The predicted octanol–water partition coefficient (Wildman–Crippen LogP) is 15.1. The maximum Gasteiger partial charge on any atom is 0.0722 e. The number of pyridine rings is 1. The summed E-state index contributed by atoms with van der Waals surface area (Å²) in [5.41, 5.74) is 18.8. The Balaban J connectivity index is 1.16. The lowest BCUT2D eigenvalue weighted by Crippen LogP contribution is -2.40. The Hall–Kier alpha value is -7.35. The molecule has 2 aliphatic rings. The van der Waals surface area contributed by atoms with Crippen molar-refractivity contribution >= 4 is 21.5 Å². The molecule has 12 rings (SSSR count). The van der Waals surface area contributed by atoms with Crippen LogP contribution in [0.1, 0.15) is 47.2 Å². The standard InChI is InChI=1S/C59H41N/c1-58(2)50-23-11-13-25-52(50)59(53-26-14-12-24-51(53)58)49-31-30-44(42-28-29-43-32-40-20-9-10-21-41(40)33-45(43)34-42)35-48(49)57-47(22-15-27-54(57)59)56-37-46(38-16-5-3-6-17-38)36-55(60-56)39-18-7-4-8-19-39/h3-37H,1-2H3. The monoisotopic (exact) mass is 763 g/mol. The van der Waals surface area contributed by atoms with Gasteiger partial charge in [0, 0.05) is 16.5 Å². The Bertz CT molecular complexity index is 3230. The first kappa shape index (κ1) is 34.7. The van der Waals surface area contributed by atoms with Crippen molar-refractivity contribution in [3.8, 4) is 55.9 Å². The first-order valence-electron chi connectivity index (χ1n) is 21.0. The summed E-state index contributed by atoms with van der Waals surface area (Å²) in [5.74, 6) is 0. The maximum atomic E-state index is 5.53. The van der Waals surface area contributed by atoms with Gasteiger partial charge in [-0.25, -0.2) is 4.98 Å². The van der Waals surface area contributed by atoms with Gasteiger partial charge in [-0.2, -0.15) is 0 Å². The fourth-order valence-corrected chi connectivity index (χ4v) is 10.7. The van der Waals surface area contributed by atoms with Crippen molar-refractivity contribution in [2.45, 2.75) is 24.7 Å². The van der Waals surface area contributed by atoms with Crippen LogP contribution in [0.3, 0.4) is 0 Å². The maximum absolute atomic E-state index is 5.53. The zero-order valence-electron chi connectivity index (χ0n) is 33.7. The molecule has 1 spiro atoms. The molecule has 282 valence electrons. The van der Waals surface area contributed by atoms with Crippen molar-refractivity contribution in [2.24, 2.45) is 0 Å². The van der Waals surface area contributed by atoms with Crippen LogP contribution in [0.15, 0.2) is 212 Å². The smallest absolute Gasteiger partial charge is 0.0722 e. The van der Waals surface area contributed by atoms with Crippen LogP contribution in [0.25, 0.3) is 77.4 Å². The van der Waals surface area contributed by atoms with Crippen molar-refractivity contribution in [1.29, 1.82) is 0 Å². The molecule has 9 aromatic carbocycles. The largest absolute Gasteiger partial charge is 0.248 e. The van der Waals surface area contributed by atoms with Crippen molar-refractivity contribution in [1.82, 2.24) is 4.98 Å². The molecule has 0 radical (unpaired) electrons. The molecule has 0 N–H and O–H groups in total. The SMILES string of the molecule is CC1(C)c2ccccc2C2(c3ccc(-c4ccc5cc6ccccc6cc5c4)cc3-c3c(-c4cc(-c5ccccc5)cc(-c5ccccc5)n4)cccc32)c2ccccc21. The van der Waals surface area contributed by atoms with Crippen molar-refractivity contribution in [3.63, 3.8) is 0 Å². The Morgan fingerprint density at radius 1 is 0.300 bits per heavy atom. The molecule has 0 bridgehead atoms. The van der Waals surface area contributed by atoms with Crippen LogP contribution in [0, 0.1) is 0 Å². The second-order valence-corrected chi connectivity index (χ2v) is 17.1. The van der Waals surface area contributed by atoms with Gasteiger partial charge in [-0.3, -0.25) is 0 Å². The van der Waals surface area contributed by atoms with E-state index < -0.39 is 5.41 Å². The second-order valence-electron chi connectivity index (χ2n) is 17.1. The van der Waals surface area contributed by atoms with Crippen molar-refractivity contribution in [3.05, 3.63) is 246 Å². The van der Waals surface area contributed by atoms with Crippen LogP contribution in [-0.2, 0) is 10.8 Å². The van der Waals surface area contributed by atoms with E-state index in [4.69, 9.17) is 4.98 Å². The van der Waals surface area contributed by atoms with E-state index in [-0.39, 0.29) is 5.41 Å². The first-order chi connectivity index (χ1) is 29.5. The summed E-state index contributed by atoms with van der Waals surface area (Å²) in [4.78, 5) is 5.53. The van der Waals surface area contributed by atoms with Gasteiger partial charge in [0.05, 0.1) is 16.8 Å². The third-order valence-corrected chi connectivity index (χ3v) is 13.5. The fourth-order valence-electron chi connectivity index (χ4n) is 10.7. The number of nitrogens with zero attached hydrogens (tertiary/aromatic N) is 1. The van der Waals surface area contributed by atoms with Crippen molar-refractivity contribution < 1.29 is 0 Å². The molecule has 0 unspecified atom stereocenters. The molecule has 60 heavy (non-hydrogen) atoms. The summed E-state index contributed by atoms with van der Waals surface area (Å²) >= 11 is 0. The number of hydrogen-bond acceptors (Lipinski definition) is 1. The number of aromatic nitrogens is 1. The van der Waals surface area contributed by atoms with Gasteiger partial charge in [-0.15, -0.1) is 0 Å². The number of rotatable bonds is 4. The molecule has 0 fully saturated rings. The van der Waals surface area contributed by atoms with E-state index in [0.29, 0.717) is 0 Å². The van der Waals surface area contributed by atoms with Gasteiger partial charge in [0.1, 0.15) is 0 Å². The lowest BCUT2D eigenvalue weighted by Gasteiger charge is -2.46. The average Bonchev–Trinajstić information content (AvgIpc) is 3.61. The molecule has 2 aliphatic carbocycles. The molecule has 10 aromatic rings. The van der Waals surface area contributed by atoms with E-state index in [0.717, 1.165) is 28.1 Å². The molecule has 1 aromatic heterocycles. The van der Waals surface area contributed by atoms with Gasteiger partial charge in [-0.05, 0) is 125 Å². The van der Waals surface area contributed by atoms with Gasteiger partial charge in [0.2, 0.25) is 0 Å². The van der Waals surface area contributed by atoms with E-state index in [1.165, 1.54) is 82.7 Å². The van der Waals surface area contributed by atoms with Crippen LogP contribution in [0.4, 0.5) is 0 Å². The van der Waals surface area contributed by atoms with Gasteiger partial charge >= 0.3 is 0 Å². The molecule has 1 heteroatoms. The lowest BCUT2D eigenvalue weighted by atomic mass is 9.55. The third kappa shape index (κ3) is 5.02. The van der Waals surface area contributed by atoms with Crippen molar-refractivity contribution in [2.75, 3.05) is 0 Å². The third-order valence-electron chi connectivity index (χ3n) is 13.5. The summed E-state index contributed by atoms with van der Waals surface area (Å²) in [7, 11) is 0. The highest BCUT2D eigenvalue weighted by Gasteiger charge is 2.53. The van der Waals surface area contributed by atoms with Crippen LogP contribution >= 0.6 is 0 Å². The molecule has 0 amide bonds. The van der Waals surface area contributed by atoms with Crippen LogP contribution in [0.2, 0.25) is 0 Å². The van der Waals surface area contributed by atoms with Gasteiger partial charge in [0.25, 0.3) is 0 Å².